The van der Waals surface area contributed by atoms with Crippen LogP contribution in [0.15, 0.2) is 36.4 Å². The third kappa shape index (κ3) is 3.91. The van der Waals surface area contributed by atoms with Gasteiger partial charge in [0.15, 0.2) is 0 Å². The first-order chi connectivity index (χ1) is 12.8. The Bertz CT molecular complexity index is 924. The van der Waals surface area contributed by atoms with Crippen LogP contribution in [-0.2, 0) is 0 Å². The molecule has 1 aliphatic heterocycles. The van der Waals surface area contributed by atoms with Gasteiger partial charge in [0, 0.05) is 12.2 Å². The highest BCUT2D eigenvalue weighted by Crippen LogP contribution is 2.30. The molecule has 4 amide bonds. The molecule has 1 aliphatic rings. The molecule has 0 unspecified atom stereocenters. The number of halogens is 2. The van der Waals surface area contributed by atoms with Crippen molar-refractivity contribution in [1.29, 1.82) is 0 Å². The minimum absolute atomic E-state index is 0.163. The Balaban J connectivity index is 1.77. The summed E-state index contributed by atoms with van der Waals surface area (Å²) in [5.41, 5.74) is 1.27. The van der Waals surface area contributed by atoms with Crippen molar-refractivity contribution in [1.82, 2.24) is 4.90 Å². The highest BCUT2D eigenvalue weighted by molar-refractivity contribution is 6.39. The Hall–Kier alpha value is -2.57. The molecule has 0 bridgehead atoms. The molecule has 27 heavy (non-hydrogen) atoms. The van der Waals surface area contributed by atoms with Crippen LogP contribution < -0.4 is 10.6 Å². The minimum Gasteiger partial charge on any atom is -0.308 e. The predicted octanol–water partition coefficient (Wildman–Crippen LogP) is 4.89. The summed E-state index contributed by atoms with van der Waals surface area (Å²) in [7, 11) is 0. The zero-order valence-corrected chi connectivity index (χ0v) is 16.2. The molecule has 2 aromatic carbocycles. The number of urea groups is 1. The second-order valence-corrected chi connectivity index (χ2v) is 7.37. The molecule has 8 heteroatoms. The number of anilines is 2. The Morgan fingerprint density at radius 1 is 1.00 bits per heavy atom. The summed E-state index contributed by atoms with van der Waals surface area (Å²) in [6.45, 7) is 4.21. The van der Waals surface area contributed by atoms with Gasteiger partial charge in [-0.1, -0.05) is 43.1 Å². The number of para-hydroxylation sites is 1. The largest absolute Gasteiger partial charge is 0.323 e. The average Bonchev–Trinajstić information content (AvgIpc) is 2.82. The lowest BCUT2D eigenvalue weighted by Crippen LogP contribution is -2.33. The summed E-state index contributed by atoms with van der Waals surface area (Å²) in [6.07, 6.45) is 0. The quantitative estimate of drug-likeness (QED) is 0.710. The van der Waals surface area contributed by atoms with E-state index in [4.69, 9.17) is 23.2 Å². The zero-order valence-electron chi connectivity index (χ0n) is 14.7. The molecule has 0 saturated carbocycles. The summed E-state index contributed by atoms with van der Waals surface area (Å²) in [4.78, 5) is 38.3. The summed E-state index contributed by atoms with van der Waals surface area (Å²) in [6, 6.07) is 8.90. The summed E-state index contributed by atoms with van der Waals surface area (Å²) in [5.74, 6) is -0.514. The molecule has 3 rings (SSSR count). The van der Waals surface area contributed by atoms with Gasteiger partial charge in [-0.2, -0.15) is 0 Å². The van der Waals surface area contributed by atoms with Crippen molar-refractivity contribution in [3.05, 3.63) is 57.6 Å². The Morgan fingerprint density at radius 3 is 2.26 bits per heavy atom. The lowest BCUT2D eigenvalue weighted by molar-refractivity contribution is 0.0636. The fourth-order valence-corrected chi connectivity index (χ4v) is 3.28. The molecule has 6 nitrogen and oxygen atoms in total. The van der Waals surface area contributed by atoms with Crippen molar-refractivity contribution in [3.8, 4) is 0 Å². The van der Waals surface area contributed by atoms with Crippen LogP contribution in [0.4, 0.5) is 16.2 Å². The number of nitrogens with zero attached hydrogens (tertiary/aromatic N) is 1. The van der Waals surface area contributed by atoms with E-state index in [1.54, 1.807) is 24.3 Å². The molecular weight excluding hydrogens is 389 g/mol. The van der Waals surface area contributed by atoms with E-state index in [0.29, 0.717) is 27.8 Å². The van der Waals surface area contributed by atoms with Crippen LogP contribution >= 0.6 is 23.2 Å². The first-order valence-electron chi connectivity index (χ1n) is 8.30. The molecule has 2 aromatic rings. The molecule has 0 saturated heterocycles. The van der Waals surface area contributed by atoms with Gasteiger partial charge in [0.05, 0.1) is 26.9 Å². The summed E-state index contributed by atoms with van der Waals surface area (Å²) in [5, 5.41) is 5.79. The van der Waals surface area contributed by atoms with Gasteiger partial charge in [0.25, 0.3) is 11.8 Å². The number of hydrogen-bond donors (Lipinski definition) is 2. The number of fused-ring (bicyclic) bond motifs is 1. The van der Waals surface area contributed by atoms with Crippen molar-refractivity contribution < 1.29 is 14.4 Å². The molecule has 0 atom stereocenters. The van der Waals surface area contributed by atoms with E-state index in [1.165, 1.54) is 17.0 Å². The third-order valence-electron chi connectivity index (χ3n) is 3.98. The lowest BCUT2D eigenvalue weighted by Gasteiger charge is -2.15. The molecule has 140 valence electrons. The van der Waals surface area contributed by atoms with Gasteiger partial charge in [-0.3, -0.25) is 14.5 Å². The number of hydrogen-bond acceptors (Lipinski definition) is 3. The maximum absolute atomic E-state index is 12.5. The van der Waals surface area contributed by atoms with Gasteiger partial charge >= 0.3 is 6.03 Å². The van der Waals surface area contributed by atoms with Crippen LogP contribution in [0.1, 0.15) is 34.6 Å². The van der Waals surface area contributed by atoms with Gasteiger partial charge < -0.3 is 10.6 Å². The number of nitrogens with one attached hydrogen (secondary N) is 2. The van der Waals surface area contributed by atoms with E-state index < -0.39 is 6.03 Å². The molecule has 0 aliphatic carbocycles. The van der Waals surface area contributed by atoms with E-state index >= 15 is 0 Å². The smallest absolute Gasteiger partial charge is 0.308 e. The van der Waals surface area contributed by atoms with Crippen molar-refractivity contribution in [2.75, 3.05) is 17.2 Å². The van der Waals surface area contributed by atoms with Crippen LogP contribution in [0.5, 0.6) is 0 Å². The average molecular weight is 406 g/mol. The van der Waals surface area contributed by atoms with Crippen molar-refractivity contribution in [2.24, 2.45) is 5.92 Å². The highest BCUT2D eigenvalue weighted by atomic mass is 35.5. The van der Waals surface area contributed by atoms with Gasteiger partial charge in [0.2, 0.25) is 0 Å². The van der Waals surface area contributed by atoms with E-state index in [0.717, 1.165) is 0 Å². The molecule has 0 aromatic heterocycles. The number of amides is 4. The standard InChI is InChI=1S/C19H17Cl2N3O3/c1-10(2)9-24-17(25)12-7-6-11(8-13(12)18(24)26)22-19(27)23-16-14(20)4-3-5-15(16)21/h3-8,10H,9H2,1-2H3,(H2,22,23,27). The molecule has 1 heterocycles. The summed E-state index contributed by atoms with van der Waals surface area (Å²) >= 11 is 12.1. The van der Waals surface area contributed by atoms with Crippen LogP contribution in [-0.4, -0.2) is 29.3 Å². The van der Waals surface area contributed by atoms with E-state index in [2.05, 4.69) is 10.6 Å². The topological polar surface area (TPSA) is 78.5 Å². The van der Waals surface area contributed by atoms with Crippen LogP contribution in [0.2, 0.25) is 10.0 Å². The van der Waals surface area contributed by atoms with Gasteiger partial charge in [-0.15, -0.1) is 0 Å². The predicted molar refractivity (Wildman–Crippen MR) is 106 cm³/mol. The molecule has 0 fully saturated rings. The fourth-order valence-electron chi connectivity index (χ4n) is 2.79. The van der Waals surface area contributed by atoms with Crippen LogP contribution in [0, 0.1) is 5.92 Å². The summed E-state index contributed by atoms with van der Waals surface area (Å²) < 4.78 is 0. The maximum atomic E-state index is 12.5. The monoisotopic (exact) mass is 405 g/mol. The normalized spacial score (nSPS) is 13.1. The first-order valence-corrected chi connectivity index (χ1v) is 9.05. The second kappa shape index (κ2) is 7.58. The Labute approximate surface area is 166 Å². The molecule has 0 radical (unpaired) electrons. The van der Waals surface area contributed by atoms with E-state index in [-0.39, 0.29) is 29.0 Å². The second-order valence-electron chi connectivity index (χ2n) is 6.55. The van der Waals surface area contributed by atoms with Crippen molar-refractivity contribution in [3.63, 3.8) is 0 Å². The number of imide groups is 1. The van der Waals surface area contributed by atoms with Crippen LogP contribution in [0.3, 0.4) is 0 Å². The number of rotatable bonds is 4. The zero-order chi connectivity index (χ0) is 19.7. The van der Waals surface area contributed by atoms with E-state index in [1.807, 2.05) is 13.8 Å². The highest BCUT2D eigenvalue weighted by Gasteiger charge is 2.35. The Morgan fingerprint density at radius 2 is 1.63 bits per heavy atom. The minimum atomic E-state index is -0.569. The first kappa shape index (κ1) is 19.2. The molecule has 2 N–H and O–H groups in total. The van der Waals surface area contributed by atoms with Crippen molar-refractivity contribution in [2.45, 2.75) is 13.8 Å². The van der Waals surface area contributed by atoms with Gasteiger partial charge in [0.1, 0.15) is 0 Å². The maximum Gasteiger partial charge on any atom is 0.323 e. The molecular formula is C19H17Cl2N3O3. The molecule has 0 spiro atoms. The van der Waals surface area contributed by atoms with Gasteiger partial charge in [-0.05, 0) is 36.2 Å². The number of carbonyl (C=O) groups excluding carboxylic acids is 3. The third-order valence-corrected chi connectivity index (χ3v) is 4.61. The van der Waals surface area contributed by atoms with E-state index in [9.17, 15) is 14.4 Å². The van der Waals surface area contributed by atoms with Crippen LogP contribution in [0.25, 0.3) is 0 Å². The van der Waals surface area contributed by atoms with Gasteiger partial charge in [-0.25, -0.2) is 4.79 Å². The van der Waals surface area contributed by atoms with Crippen molar-refractivity contribution >= 4 is 52.4 Å². The SMILES string of the molecule is CC(C)CN1C(=O)c2ccc(NC(=O)Nc3c(Cl)cccc3Cl)cc2C1=O. The fraction of sp³-hybridized carbons (Fsp3) is 0.211. The number of carbonyl (C=O) groups is 3. The Kier molecular flexibility index (Phi) is 5.39. The number of benzene rings is 2. The lowest BCUT2D eigenvalue weighted by atomic mass is 10.1.